The number of amides is 2. The van der Waals surface area contributed by atoms with Crippen molar-refractivity contribution in [1.29, 1.82) is 0 Å². The zero-order valence-corrected chi connectivity index (χ0v) is 16.2. The van der Waals surface area contributed by atoms with E-state index in [0.29, 0.717) is 11.7 Å². The van der Waals surface area contributed by atoms with Gasteiger partial charge in [-0.3, -0.25) is 14.5 Å². The Morgan fingerprint density at radius 3 is 2.55 bits per heavy atom. The summed E-state index contributed by atoms with van der Waals surface area (Å²) in [5, 5.41) is 5.42. The molecule has 8 nitrogen and oxygen atoms in total. The highest BCUT2D eigenvalue weighted by atomic mass is 16.5. The number of nitrogens with one attached hydrogen (secondary N) is 3. The molecule has 4 rings (SSSR count). The summed E-state index contributed by atoms with van der Waals surface area (Å²) in [7, 11) is 1.27. The number of H-pyrrole nitrogens is 1. The van der Waals surface area contributed by atoms with Crippen LogP contribution in [-0.4, -0.2) is 53.4 Å². The number of carbonyl (C=O) groups is 3. The number of benzene rings is 1. The molecule has 1 aromatic heterocycles. The first-order valence-electron chi connectivity index (χ1n) is 9.76. The maximum absolute atomic E-state index is 12.5. The molecule has 2 heterocycles. The minimum Gasteiger partial charge on any atom is -0.464 e. The summed E-state index contributed by atoms with van der Waals surface area (Å²) in [5.41, 5.74) is 1.68. The fourth-order valence-electron chi connectivity index (χ4n) is 3.97. The van der Waals surface area contributed by atoms with E-state index in [1.807, 2.05) is 18.2 Å². The smallest absolute Gasteiger partial charge is 0.354 e. The lowest BCUT2D eigenvalue weighted by Crippen LogP contribution is -2.44. The largest absolute Gasteiger partial charge is 0.464 e. The zero-order valence-electron chi connectivity index (χ0n) is 16.2. The number of nitrogens with zero attached hydrogens (tertiary/aromatic N) is 1. The predicted octanol–water partition coefficient (Wildman–Crippen LogP) is 1.83. The predicted molar refractivity (Wildman–Crippen MR) is 106 cm³/mol. The molecule has 2 fully saturated rings. The van der Waals surface area contributed by atoms with Crippen LogP contribution in [0.15, 0.2) is 42.6 Å². The Morgan fingerprint density at radius 1 is 1.10 bits per heavy atom. The Hall–Kier alpha value is -3.13. The van der Waals surface area contributed by atoms with Crippen molar-refractivity contribution in [2.75, 3.05) is 19.0 Å². The van der Waals surface area contributed by atoms with Crippen LogP contribution >= 0.6 is 0 Å². The molecule has 2 aromatic rings. The number of aromatic amines is 1. The van der Waals surface area contributed by atoms with Gasteiger partial charge in [-0.15, -0.1) is 0 Å². The highest BCUT2D eigenvalue weighted by Gasteiger charge is 2.43. The average molecular weight is 396 g/mol. The van der Waals surface area contributed by atoms with Crippen LogP contribution in [-0.2, 0) is 14.3 Å². The SMILES string of the molecule is COC(=O)c1cc(NC(=O)C(=O)N[C@@H]2CCN(C3CC3)[C@H]2c2ccccc2)c[nH]1. The van der Waals surface area contributed by atoms with E-state index >= 15 is 0 Å². The number of likely N-dealkylation sites (tertiary alicyclic amines) is 1. The number of methoxy groups -OCH3 is 1. The molecular formula is C21H24N4O4. The molecule has 2 atom stereocenters. The normalized spacial score (nSPS) is 21.6. The molecule has 0 radical (unpaired) electrons. The van der Waals surface area contributed by atoms with Gasteiger partial charge in [0.25, 0.3) is 0 Å². The second-order valence-corrected chi connectivity index (χ2v) is 7.44. The van der Waals surface area contributed by atoms with E-state index in [9.17, 15) is 14.4 Å². The molecule has 3 N–H and O–H groups in total. The van der Waals surface area contributed by atoms with Gasteiger partial charge in [-0.25, -0.2) is 4.79 Å². The van der Waals surface area contributed by atoms with Gasteiger partial charge in [-0.05, 0) is 30.9 Å². The van der Waals surface area contributed by atoms with Crippen molar-refractivity contribution in [2.24, 2.45) is 0 Å². The molecule has 8 heteroatoms. The van der Waals surface area contributed by atoms with Crippen LogP contribution in [0.4, 0.5) is 5.69 Å². The number of hydrogen-bond acceptors (Lipinski definition) is 5. The van der Waals surface area contributed by atoms with Crippen molar-refractivity contribution in [2.45, 2.75) is 37.4 Å². The zero-order chi connectivity index (χ0) is 20.4. The van der Waals surface area contributed by atoms with Crippen LogP contribution in [0.25, 0.3) is 0 Å². The van der Waals surface area contributed by atoms with Crippen molar-refractivity contribution < 1.29 is 19.1 Å². The monoisotopic (exact) mass is 396 g/mol. The molecule has 2 aliphatic rings. The molecule has 1 aliphatic heterocycles. The standard InChI is InChI=1S/C21H24N4O4/c1-29-21(28)17-11-14(12-22-17)23-19(26)20(27)24-16-9-10-25(15-7-8-15)18(16)13-5-3-2-4-6-13/h2-6,11-12,15-16,18,22H,7-10H2,1H3,(H,23,26)(H,24,27)/t16-,18+/m1/s1. The highest BCUT2D eigenvalue weighted by Crippen LogP contribution is 2.40. The Kier molecular flexibility index (Phi) is 5.35. The topological polar surface area (TPSA) is 104 Å². The quantitative estimate of drug-likeness (QED) is 0.529. The number of ether oxygens (including phenoxy) is 1. The van der Waals surface area contributed by atoms with Crippen LogP contribution in [0.1, 0.15) is 41.4 Å². The van der Waals surface area contributed by atoms with Gasteiger partial charge >= 0.3 is 17.8 Å². The Balaban J connectivity index is 1.42. The number of carbonyl (C=O) groups excluding carboxylic acids is 3. The van der Waals surface area contributed by atoms with E-state index in [4.69, 9.17) is 0 Å². The Morgan fingerprint density at radius 2 is 1.86 bits per heavy atom. The number of anilines is 1. The molecule has 1 aromatic carbocycles. The van der Waals surface area contributed by atoms with Crippen LogP contribution in [0, 0.1) is 0 Å². The fraction of sp³-hybridized carbons (Fsp3) is 0.381. The van der Waals surface area contributed by atoms with Gasteiger partial charge in [0.05, 0.1) is 24.9 Å². The van der Waals surface area contributed by atoms with Crippen LogP contribution in [0.3, 0.4) is 0 Å². The summed E-state index contributed by atoms with van der Waals surface area (Å²) in [6.45, 7) is 0.900. The van der Waals surface area contributed by atoms with E-state index in [1.54, 1.807) is 0 Å². The van der Waals surface area contributed by atoms with Gasteiger partial charge < -0.3 is 20.4 Å². The Labute approximate surface area is 168 Å². The lowest BCUT2D eigenvalue weighted by atomic mass is 10.00. The number of aromatic nitrogens is 1. The summed E-state index contributed by atoms with van der Waals surface area (Å²) < 4.78 is 4.61. The number of hydrogen-bond donors (Lipinski definition) is 3. The van der Waals surface area contributed by atoms with E-state index in [2.05, 4.69) is 37.4 Å². The number of esters is 1. The third kappa shape index (κ3) is 4.17. The van der Waals surface area contributed by atoms with E-state index < -0.39 is 17.8 Å². The summed E-state index contributed by atoms with van der Waals surface area (Å²) in [5.74, 6) is -2.00. The summed E-state index contributed by atoms with van der Waals surface area (Å²) in [4.78, 5) is 41.5. The highest BCUT2D eigenvalue weighted by molar-refractivity contribution is 6.39. The van der Waals surface area contributed by atoms with Crippen molar-refractivity contribution in [3.05, 3.63) is 53.9 Å². The molecule has 1 aliphatic carbocycles. The minimum atomic E-state index is -0.767. The molecule has 0 spiro atoms. The molecule has 152 valence electrons. The molecule has 29 heavy (non-hydrogen) atoms. The van der Waals surface area contributed by atoms with Gasteiger partial charge in [0.1, 0.15) is 5.69 Å². The first-order chi connectivity index (χ1) is 14.1. The number of rotatable bonds is 5. The van der Waals surface area contributed by atoms with E-state index in [0.717, 1.165) is 18.5 Å². The van der Waals surface area contributed by atoms with Gasteiger partial charge in [0.15, 0.2) is 0 Å². The lowest BCUT2D eigenvalue weighted by Gasteiger charge is -2.29. The Bertz CT molecular complexity index is 906. The maximum atomic E-state index is 12.5. The van der Waals surface area contributed by atoms with Crippen molar-refractivity contribution >= 4 is 23.5 Å². The molecule has 0 bridgehead atoms. The van der Waals surface area contributed by atoms with Crippen LogP contribution in [0.2, 0.25) is 0 Å². The minimum absolute atomic E-state index is 0.0682. The van der Waals surface area contributed by atoms with E-state index in [1.165, 1.54) is 32.2 Å². The van der Waals surface area contributed by atoms with Gasteiger partial charge in [-0.1, -0.05) is 30.3 Å². The van der Waals surface area contributed by atoms with Gasteiger partial charge in [-0.2, -0.15) is 0 Å². The van der Waals surface area contributed by atoms with E-state index in [-0.39, 0.29) is 17.8 Å². The van der Waals surface area contributed by atoms with Crippen LogP contribution < -0.4 is 10.6 Å². The van der Waals surface area contributed by atoms with Crippen LogP contribution in [0.5, 0.6) is 0 Å². The third-order valence-electron chi connectivity index (χ3n) is 5.46. The molecule has 0 unspecified atom stereocenters. The van der Waals surface area contributed by atoms with Crippen molar-refractivity contribution in [3.8, 4) is 0 Å². The van der Waals surface area contributed by atoms with Crippen molar-refractivity contribution in [1.82, 2.24) is 15.2 Å². The second-order valence-electron chi connectivity index (χ2n) is 7.44. The molecular weight excluding hydrogens is 372 g/mol. The lowest BCUT2D eigenvalue weighted by molar-refractivity contribution is -0.136. The first kappa shape index (κ1) is 19.2. The van der Waals surface area contributed by atoms with Gasteiger partial charge in [0.2, 0.25) is 0 Å². The summed E-state index contributed by atoms with van der Waals surface area (Å²) >= 11 is 0. The van der Waals surface area contributed by atoms with Crippen molar-refractivity contribution in [3.63, 3.8) is 0 Å². The maximum Gasteiger partial charge on any atom is 0.354 e. The fourth-order valence-corrected chi connectivity index (χ4v) is 3.97. The second kappa shape index (κ2) is 8.08. The summed E-state index contributed by atoms with van der Waals surface area (Å²) in [6.07, 6.45) is 4.60. The van der Waals surface area contributed by atoms with Gasteiger partial charge in [0, 0.05) is 18.8 Å². The molecule has 1 saturated heterocycles. The average Bonchev–Trinajstić information content (AvgIpc) is 3.34. The summed E-state index contributed by atoms with van der Waals surface area (Å²) in [6, 6.07) is 12.0. The third-order valence-corrected chi connectivity index (χ3v) is 5.46. The molecule has 2 amide bonds. The molecule has 1 saturated carbocycles. The first-order valence-corrected chi connectivity index (χ1v) is 9.76.